The molecule has 1 N–H and O–H groups in total. The number of carbonyl (C=O) groups excluding carboxylic acids is 1. The standard InChI is InChI=1S/C12H12ClF2NO3S/c1-12(3-2-4-12)16-11(17)8-5-7(20(13,18)19)6-9(14)10(8)15/h5-6H,2-4H2,1H3,(H,16,17). The van der Waals surface area contributed by atoms with Gasteiger partial charge in [0.05, 0.1) is 10.5 Å². The Labute approximate surface area is 119 Å². The maximum atomic E-state index is 13.6. The summed E-state index contributed by atoms with van der Waals surface area (Å²) in [5, 5.41) is 2.57. The summed E-state index contributed by atoms with van der Waals surface area (Å²) in [5.41, 5.74) is -1.13. The van der Waals surface area contributed by atoms with E-state index in [9.17, 15) is 22.0 Å². The molecule has 0 aliphatic heterocycles. The van der Waals surface area contributed by atoms with Crippen molar-refractivity contribution in [1.82, 2.24) is 5.32 Å². The maximum Gasteiger partial charge on any atom is 0.261 e. The Balaban J connectivity index is 2.40. The first kappa shape index (κ1) is 15.2. The molecule has 1 aromatic rings. The van der Waals surface area contributed by atoms with Crippen molar-refractivity contribution in [1.29, 1.82) is 0 Å². The van der Waals surface area contributed by atoms with Crippen molar-refractivity contribution in [3.63, 3.8) is 0 Å². The second-order valence-corrected chi connectivity index (χ2v) is 7.64. The van der Waals surface area contributed by atoms with Gasteiger partial charge in [-0.1, -0.05) is 0 Å². The second-order valence-electron chi connectivity index (χ2n) is 5.07. The molecule has 0 heterocycles. The molecule has 0 saturated heterocycles. The summed E-state index contributed by atoms with van der Waals surface area (Å²) in [7, 11) is 0.835. The molecule has 2 rings (SSSR count). The lowest BCUT2D eigenvalue weighted by molar-refractivity contribution is 0.0845. The average molecular weight is 324 g/mol. The van der Waals surface area contributed by atoms with Gasteiger partial charge in [0.1, 0.15) is 0 Å². The highest BCUT2D eigenvalue weighted by molar-refractivity contribution is 8.13. The summed E-state index contributed by atoms with van der Waals surface area (Å²) in [5.74, 6) is -3.68. The van der Waals surface area contributed by atoms with Crippen LogP contribution < -0.4 is 5.32 Å². The van der Waals surface area contributed by atoms with Crippen LogP contribution in [0, 0.1) is 11.6 Å². The number of halogens is 3. The predicted octanol–water partition coefficient (Wildman–Crippen LogP) is 2.56. The molecule has 4 nitrogen and oxygen atoms in total. The van der Waals surface area contributed by atoms with Gasteiger partial charge >= 0.3 is 0 Å². The van der Waals surface area contributed by atoms with Gasteiger partial charge in [-0.15, -0.1) is 0 Å². The highest BCUT2D eigenvalue weighted by Gasteiger charge is 2.34. The van der Waals surface area contributed by atoms with Gasteiger partial charge in [0, 0.05) is 16.2 Å². The molecule has 0 radical (unpaired) electrons. The number of benzene rings is 1. The highest BCUT2D eigenvalue weighted by Crippen LogP contribution is 2.31. The van der Waals surface area contributed by atoms with Crippen molar-refractivity contribution >= 4 is 25.6 Å². The van der Waals surface area contributed by atoms with E-state index >= 15 is 0 Å². The van der Waals surface area contributed by atoms with E-state index in [0.717, 1.165) is 25.3 Å². The van der Waals surface area contributed by atoms with Crippen molar-refractivity contribution in [3.8, 4) is 0 Å². The van der Waals surface area contributed by atoms with E-state index in [1.54, 1.807) is 6.92 Å². The van der Waals surface area contributed by atoms with Crippen LogP contribution in [0.15, 0.2) is 17.0 Å². The lowest BCUT2D eigenvalue weighted by Gasteiger charge is -2.39. The Bertz CT molecular complexity index is 672. The molecule has 1 aromatic carbocycles. The number of rotatable bonds is 3. The van der Waals surface area contributed by atoms with E-state index in [1.807, 2.05) is 0 Å². The summed E-state index contributed by atoms with van der Waals surface area (Å²) in [6.07, 6.45) is 2.40. The van der Waals surface area contributed by atoms with Crippen LogP contribution in [0.1, 0.15) is 36.5 Å². The molecule has 1 amide bonds. The predicted molar refractivity (Wildman–Crippen MR) is 69.1 cm³/mol. The molecule has 0 aromatic heterocycles. The fraction of sp³-hybridized carbons (Fsp3) is 0.417. The van der Waals surface area contributed by atoms with Gasteiger partial charge in [0.2, 0.25) is 0 Å². The van der Waals surface area contributed by atoms with E-state index in [-0.39, 0.29) is 0 Å². The van der Waals surface area contributed by atoms with Gasteiger partial charge in [0.15, 0.2) is 11.6 Å². The third-order valence-electron chi connectivity index (χ3n) is 3.40. The molecule has 110 valence electrons. The Kier molecular flexibility index (Phi) is 3.77. The van der Waals surface area contributed by atoms with Crippen LogP contribution in [0.4, 0.5) is 8.78 Å². The number of carbonyl (C=O) groups is 1. The number of nitrogens with one attached hydrogen (secondary N) is 1. The third-order valence-corrected chi connectivity index (χ3v) is 4.73. The minimum Gasteiger partial charge on any atom is -0.347 e. The van der Waals surface area contributed by atoms with Crippen LogP contribution >= 0.6 is 10.7 Å². The summed E-state index contributed by atoms with van der Waals surface area (Å²) in [6.45, 7) is 1.78. The van der Waals surface area contributed by atoms with Crippen molar-refractivity contribution < 1.29 is 22.0 Å². The normalized spacial score (nSPS) is 17.4. The summed E-state index contributed by atoms with van der Waals surface area (Å²) in [6, 6.07) is 1.18. The minimum absolute atomic E-state index is 0.444. The van der Waals surface area contributed by atoms with Gasteiger partial charge in [-0.2, -0.15) is 0 Å². The molecule has 0 atom stereocenters. The lowest BCUT2D eigenvalue weighted by atomic mass is 9.78. The zero-order chi connectivity index (χ0) is 15.1. The summed E-state index contributed by atoms with van der Waals surface area (Å²) in [4.78, 5) is 11.3. The number of hydrogen-bond donors (Lipinski definition) is 1. The van der Waals surface area contributed by atoms with Crippen LogP contribution in [0.25, 0.3) is 0 Å². The van der Waals surface area contributed by atoms with Crippen molar-refractivity contribution in [2.45, 2.75) is 36.6 Å². The fourth-order valence-electron chi connectivity index (χ4n) is 2.04. The summed E-state index contributed by atoms with van der Waals surface area (Å²) >= 11 is 0. The average Bonchev–Trinajstić information content (AvgIpc) is 2.28. The Morgan fingerprint density at radius 3 is 2.40 bits per heavy atom. The monoisotopic (exact) mass is 323 g/mol. The maximum absolute atomic E-state index is 13.6. The molecule has 1 saturated carbocycles. The van der Waals surface area contributed by atoms with Crippen LogP contribution in [0.3, 0.4) is 0 Å². The quantitative estimate of drug-likeness (QED) is 0.870. The molecular weight excluding hydrogens is 312 g/mol. The number of amides is 1. The first-order valence-electron chi connectivity index (χ1n) is 5.89. The van der Waals surface area contributed by atoms with Crippen molar-refractivity contribution in [3.05, 3.63) is 29.3 Å². The molecule has 20 heavy (non-hydrogen) atoms. The topological polar surface area (TPSA) is 63.2 Å². The first-order valence-corrected chi connectivity index (χ1v) is 8.19. The zero-order valence-corrected chi connectivity index (χ0v) is 12.1. The third kappa shape index (κ3) is 2.93. The Hall–Kier alpha value is -1.21. The van der Waals surface area contributed by atoms with E-state index in [0.29, 0.717) is 6.07 Å². The van der Waals surface area contributed by atoms with E-state index in [1.165, 1.54) is 0 Å². The van der Waals surface area contributed by atoms with Crippen molar-refractivity contribution in [2.24, 2.45) is 0 Å². The molecule has 1 fully saturated rings. The largest absolute Gasteiger partial charge is 0.347 e. The Morgan fingerprint density at radius 2 is 1.95 bits per heavy atom. The second kappa shape index (κ2) is 4.96. The van der Waals surface area contributed by atoms with Gasteiger partial charge in [-0.3, -0.25) is 4.79 Å². The van der Waals surface area contributed by atoms with Crippen LogP contribution in [0.2, 0.25) is 0 Å². The highest BCUT2D eigenvalue weighted by atomic mass is 35.7. The van der Waals surface area contributed by atoms with Gasteiger partial charge in [-0.05, 0) is 38.3 Å². The van der Waals surface area contributed by atoms with Crippen LogP contribution in [0.5, 0.6) is 0 Å². The van der Waals surface area contributed by atoms with E-state index < -0.39 is 42.6 Å². The Morgan fingerprint density at radius 1 is 1.35 bits per heavy atom. The van der Waals surface area contributed by atoms with E-state index in [2.05, 4.69) is 5.32 Å². The SMILES string of the molecule is CC1(NC(=O)c2cc(S(=O)(=O)Cl)cc(F)c2F)CCC1. The van der Waals surface area contributed by atoms with Crippen molar-refractivity contribution in [2.75, 3.05) is 0 Å². The van der Waals surface area contributed by atoms with E-state index in [4.69, 9.17) is 10.7 Å². The molecule has 8 heteroatoms. The molecule has 1 aliphatic carbocycles. The molecule has 1 aliphatic rings. The fourth-order valence-corrected chi connectivity index (χ4v) is 2.81. The van der Waals surface area contributed by atoms with Gasteiger partial charge in [-0.25, -0.2) is 17.2 Å². The van der Waals surface area contributed by atoms with Gasteiger partial charge < -0.3 is 5.32 Å². The first-order chi connectivity index (χ1) is 9.12. The lowest BCUT2D eigenvalue weighted by Crippen LogP contribution is -2.51. The molecule has 0 unspecified atom stereocenters. The number of hydrogen-bond acceptors (Lipinski definition) is 3. The molecule has 0 spiro atoms. The minimum atomic E-state index is -4.25. The molecular formula is C12H12ClF2NO3S. The van der Waals surface area contributed by atoms with Crippen LogP contribution in [-0.2, 0) is 9.05 Å². The smallest absolute Gasteiger partial charge is 0.261 e. The zero-order valence-electron chi connectivity index (χ0n) is 10.5. The van der Waals surface area contributed by atoms with Crippen LogP contribution in [-0.4, -0.2) is 19.9 Å². The summed E-state index contributed by atoms with van der Waals surface area (Å²) < 4.78 is 49.4. The molecule has 0 bridgehead atoms. The van der Waals surface area contributed by atoms with Gasteiger partial charge in [0.25, 0.3) is 15.0 Å².